The molecule has 0 spiro atoms. The average molecular weight is 873 g/mol. The molecule has 0 aromatic carbocycles. The highest BCUT2D eigenvalue weighted by Crippen LogP contribution is 2.78. The molecular formula is C45H76O16. The lowest BCUT2D eigenvalue weighted by molar-refractivity contribution is -0.351. The van der Waals surface area contributed by atoms with Crippen LogP contribution in [0.5, 0.6) is 0 Å². The van der Waals surface area contributed by atoms with E-state index in [0.717, 1.165) is 32.1 Å². The third-order valence-corrected chi connectivity index (χ3v) is 18.8. The highest BCUT2D eigenvalue weighted by Gasteiger charge is 2.75. The van der Waals surface area contributed by atoms with Crippen LogP contribution in [0.1, 0.15) is 107 Å². The Morgan fingerprint density at radius 1 is 0.525 bits per heavy atom. The Balaban J connectivity index is 1.05. The normalized spacial score (nSPS) is 57.3. The standard InChI is InChI=1S/C45H76O16/c1-40(2)28(60-39-34(54)35(24(49)19-58-39)61-38-33(53)31(51)23(48)18-57-38)12-14-43(6)27-10-9-26-42(5)13-11-20(41(3,4)55)29(42)25(59-37-32(52)30(50)22(47)17-56-37)16-45(26,8)44(27,7)15-21(46)36(40)43/h20-39,46-55H,9-19H2,1-8H3/t20-,21-,22-,23+,24-,25-,26+,27+,28-,29+,30-,31-,32+,33+,34+,35-,36-,37-,38-,39-,42+,43+,44+,45+/m0/s1. The molecule has 16 heteroatoms. The fourth-order valence-corrected chi connectivity index (χ4v) is 16.0. The van der Waals surface area contributed by atoms with Gasteiger partial charge in [0.15, 0.2) is 18.9 Å². The summed E-state index contributed by atoms with van der Waals surface area (Å²) in [6.07, 6.45) is -11.9. The Morgan fingerprint density at radius 3 is 1.59 bits per heavy atom. The van der Waals surface area contributed by atoms with Crippen molar-refractivity contribution in [3.63, 3.8) is 0 Å². The van der Waals surface area contributed by atoms with E-state index in [2.05, 4.69) is 41.5 Å². The molecule has 5 aliphatic carbocycles. The highest BCUT2D eigenvalue weighted by molar-refractivity contribution is 5.23. The lowest BCUT2D eigenvalue weighted by Gasteiger charge is -2.74. The monoisotopic (exact) mass is 873 g/mol. The molecule has 0 radical (unpaired) electrons. The van der Waals surface area contributed by atoms with Crippen LogP contribution in [0.3, 0.4) is 0 Å². The second-order valence-electron chi connectivity index (χ2n) is 22.8. The molecule has 3 saturated heterocycles. The van der Waals surface area contributed by atoms with Crippen LogP contribution in [0, 0.1) is 56.7 Å². The predicted molar refractivity (Wildman–Crippen MR) is 215 cm³/mol. The molecule has 8 rings (SSSR count). The van der Waals surface area contributed by atoms with Gasteiger partial charge in [0, 0.05) is 0 Å². The van der Waals surface area contributed by atoms with E-state index < -0.39 is 103 Å². The maximum absolute atomic E-state index is 12.7. The first kappa shape index (κ1) is 46.9. The first-order valence-corrected chi connectivity index (χ1v) is 23.0. The van der Waals surface area contributed by atoms with Crippen LogP contribution in [0.2, 0.25) is 0 Å². The molecule has 0 amide bonds. The van der Waals surface area contributed by atoms with Gasteiger partial charge in [0.05, 0.1) is 43.7 Å². The Morgan fingerprint density at radius 2 is 1.02 bits per heavy atom. The van der Waals surface area contributed by atoms with Crippen LogP contribution >= 0.6 is 0 Å². The maximum atomic E-state index is 12.7. The summed E-state index contributed by atoms with van der Waals surface area (Å²) in [7, 11) is 0. The smallest absolute Gasteiger partial charge is 0.186 e. The highest BCUT2D eigenvalue weighted by atomic mass is 16.7. The molecule has 10 N–H and O–H groups in total. The van der Waals surface area contributed by atoms with Gasteiger partial charge in [-0.05, 0) is 122 Å². The largest absolute Gasteiger partial charge is 0.393 e. The maximum Gasteiger partial charge on any atom is 0.186 e. The molecule has 0 bridgehead atoms. The van der Waals surface area contributed by atoms with Crippen molar-refractivity contribution < 1.29 is 79.5 Å². The molecule has 3 heterocycles. The number of aliphatic hydroxyl groups excluding tert-OH is 9. The summed E-state index contributed by atoms with van der Waals surface area (Å²) in [5.41, 5.74) is -2.84. The molecule has 0 unspecified atom stereocenters. The van der Waals surface area contributed by atoms with Gasteiger partial charge in [-0.25, -0.2) is 0 Å². The summed E-state index contributed by atoms with van der Waals surface area (Å²) in [4.78, 5) is 0. The zero-order valence-electron chi connectivity index (χ0n) is 37.2. The van der Waals surface area contributed by atoms with E-state index in [1.165, 1.54) is 0 Å². The predicted octanol–water partition coefficient (Wildman–Crippen LogP) is 0.551. The Kier molecular flexibility index (Phi) is 12.3. The zero-order valence-corrected chi connectivity index (χ0v) is 37.2. The van der Waals surface area contributed by atoms with Gasteiger partial charge in [-0.3, -0.25) is 0 Å². The number of fused-ring (bicyclic) bond motifs is 7. The van der Waals surface area contributed by atoms with Crippen molar-refractivity contribution in [3.8, 4) is 0 Å². The molecule has 3 aliphatic heterocycles. The van der Waals surface area contributed by atoms with Crippen LogP contribution < -0.4 is 0 Å². The second-order valence-corrected chi connectivity index (χ2v) is 22.8. The van der Waals surface area contributed by atoms with Crippen LogP contribution in [0.15, 0.2) is 0 Å². The van der Waals surface area contributed by atoms with Crippen molar-refractivity contribution in [1.29, 1.82) is 0 Å². The van der Waals surface area contributed by atoms with Crippen molar-refractivity contribution in [1.82, 2.24) is 0 Å². The minimum Gasteiger partial charge on any atom is -0.393 e. The van der Waals surface area contributed by atoms with Crippen molar-refractivity contribution >= 4 is 0 Å². The molecule has 61 heavy (non-hydrogen) atoms. The molecule has 0 aromatic rings. The van der Waals surface area contributed by atoms with Gasteiger partial charge in [0.2, 0.25) is 0 Å². The fourth-order valence-electron chi connectivity index (χ4n) is 16.0. The first-order chi connectivity index (χ1) is 28.3. The van der Waals surface area contributed by atoms with Gasteiger partial charge in [0.25, 0.3) is 0 Å². The number of aliphatic hydroxyl groups is 10. The van der Waals surface area contributed by atoms with Crippen molar-refractivity contribution in [2.24, 2.45) is 56.7 Å². The third-order valence-electron chi connectivity index (χ3n) is 18.8. The number of rotatable bonds is 7. The van der Waals surface area contributed by atoms with Gasteiger partial charge in [-0.1, -0.05) is 41.5 Å². The topological polar surface area (TPSA) is 258 Å². The first-order valence-electron chi connectivity index (χ1n) is 23.0. The van der Waals surface area contributed by atoms with Crippen molar-refractivity contribution in [3.05, 3.63) is 0 Å². The lowest BCUT2D eigenvalue weighted by atomic mass is 9.31. The van der Waals surface area contributed by atoms with E-state index in [4.69, 9.17) is 28.4 Å². The molecule has 0 aromatic heterocycles. The summed E-state index contributed by atoms with van der Waals surface area (Å²) in [5, 5.41) is 109. The second kappa shape index (κ2) is 16.0. The van der Waals surface area contributed by atoms with Crippen LogP contribution in [-0.4, -0.2) is 169 Å². The van der Waals surface area contributed by atoms with E-state index in [0.29, 0.717) is 19.3 Å². The van der Waals surface area contributed by atoms with Crippen molar-refractivity contribution in [2.75, 3.05) is 19.8 Å². The van der Waals surface area contributed by atoms with E-state index in [-0.39, 0.29) is 71.1 Å². The zero-order chi connectivity index (χ0) is 44.6. The van der Waals surface area contributed by atoms with Gasteiger partial charge in [-0.2, -0.15) is 0 Å². The Hall–Kier alpha value is -0.640. The average Bonchev–Trinajstić information content (AvgIpc) is 3.54. The third kappa shape index (κ3) is 7.23. The fraction of sp³-hybridized carbons (Fsp3) is 1.00. The molecule has 8 aliphatic rings. The van der Waals surface area contributed by atoms with Gasteiger partial charge < -0.3 is 79.5 Å². The summed E-state index contributed by atoms with van der Waals surface area (Å²) in [6.45, 7) is 16.7. The molecule has 24 atom stereocenters. The number of hydrogen-bond acceptors (Lipinski definition) is 16. The quantitative estimate of drug-likeness (QED) is 0.157. The van der Waals surface area contributed by atoms with Gasteiger partial charge in [0.1, 0.15) is 54.9 Å². The molecule has 352 valence electrons. The minimum atomic E-state index is -1.61. The summed E-state index contributed by atoms with van der Waals surface area (Å²) in [6, 6.07) is 0. The van der Waals surface area contributed by atoms with Crippen molar-refractivity contribution in [2.45, 2.75) is 204 Å². The van der Waals surface area contributed by atoms with Crippen LogP contribution in [0.4, 0.5) is 0 Å². The van der Waals surface area contributed by atoms with E-state index in [1.807, 2.05) is 13.8 Å². The van der Waals surface area contributed by atoms with Crippen LogP contribution in [-0.2, 0) is 28.4 Å². The molecular weight excluding hydrogens is 796 g/mol. The molecule has 5 saturated carbocycles. The summed E-state index contributed by atoms with van der Waals surface area (Å²) in [5.74, 6) is 0.132. The van der Waals surface area contributed by atoms with Crippen LogP contribution in [0.25, 0.3) is 0 Å². The molecule has 16 nitrogen and oxygen atoms in total. The Labute approximate surface area is 359 Å². The number of ether oxygens (including phenoxy) is 6. The number of hydrogen-bond donors (Lipinski definition) is 10. The SMILES string of the molecule is CC(C)(O)[C@H]1CC[C@@]2(C)[C@H]1[C@@H](O[C@@H]1OC[C@H](O)[C@H](O)[C@H]1O)C[C@]1(C)[C@@H]2CC[C@@H]2[C@@]3(C)CC[C@H](O[C@@H]4OC[C@H](O)[C@H](O[C@@H]5OC[C@@H](O)[C@H](O)[C@H]5O)[C@H]4O)C(C)(C)[C@@H]3[C@@H](O)C[C@]21C. The summed E-state index contributed by atoms with van der Waals surface area (Å²) < 4.78 is 36.4. The summed E-state index contributed by atoms with van der Waals surface area (Å²) >= 11 is 0. The minimum absolute atomic E-state index is 0.0582. The van der Waals surface area contributed by atoms with E-state index >= 15 is 0 Å². The lowest BCUT2D eigenvalue weighted by Crippen LogP contribution is -2.72. The van der Waals surface area contributed by atoms with E-state index in [9.17, 15) is 51.1 Å². The van der Waals surface area contributed by atoms with E-state index in [1.54, 1.807) is 0 Å². The Bertz CT molecular complexity index is 1580. The van der Waals surface area contributed by atoms with Gasteiger partial charge in [-0.15, -0.1) is 0 Å². The van der Waals surface area contributed by atoms with Gasteiger partial charge >= 0.3 is 0 Å². The molecule has 8 fully saturated rings.